The van der Waals surface area contributed by atoms with Crippen molar-refractivity contribution in [1.29, 1.82) is 0 Å². The SMILES string of the molecule is CC/C=C\C/C=C\C/C=C\C/C=C\C/C=C\C/C=C\C/C=C\CCCCCCCCCCCC(=O)OCC(COC(=O)CCCCCCCCCC)OC(=O)CCCCC/C=C\C/C=C\C/C=C\C/C=C\C/C=C\C/C=C\C/C=C\CC. The van der Waals surface area contributed by atoms with Crippen LogP contribution in [-0.4, -0.2) is 37.2 Å². The van der Waals surface area contributed by atoms with E-state index in [0.717, 1.165) is 161 Å². The highest BCUT2D eigenvalue weighted by atomic mass is 16.6. The maximum absolute atomic E-state index is 12.9. The zero-order valence-corrected chi connectivity index (χ0v) is 52.7. The van der Waals surface area contributed by atoms with E-state index in [4.69, 9.17) is 14.2 Å². The number of esters is 3. The molecule has 1 atom stereocenters. The van der Waals surface area contributed by atoms with Crippen molar-refractivity contribution in [1.82, 2.24) is 0 Å². The highest BCUT2D eigenvalue weighted by Crippen LogP contribution is 2.14. The molecule has 0 aromatic carbocycles. The summed E-state index contributed by atoms with van der Waals surface area (Å²) in [5, 5.41) is 0. The fourth-order valence-electron chi connectivity index (χ4n) is 8.58. The van der Waals surface area contributed by atoms with Crippen LogP contribution in [0, 0.1) is 0 Å². The van der Waals surface area contributed by atoms with Crippen molar-refractivity contribution >= 4 is 17.9 Å². The molecule has 0 saturated heterocycles. The van der Waals surface area contributed by atoms with Crippen molar-refractivity contribution in [2.75, 3.05) is 13.2 Å². The minimum absolute atomic E-state index is 0.0990. The molecule has 460 valence electrons. The first-order chi connectivity index (χ1) is 40.5. The zero-order chi connectivity index (χ0) is 59.2. The summed E-state index contributed by atoms with van der Waals surface area (Å²) in [6.45, 7) is 6.34. The van der Waals surface area contributed by atoms with Gasteiger partial charge in [-0.15, -0.1) is 0 Å². The Balaban J connectivity index is 4.28. The van der Waals surface area contributed by atoms with Gasteiger partial charge in [0.05, 0.1) is 0 Å². The minimum atomic E-state index is -0.805. The molecule has 0 fully saturated rings. The normalized spacial score (nSPS) is 13.3. The number of unbranched alkanes of at least 4 members (excludes halogenated alkanes) is 19. The largest absolute Gasteiger partial charge is 0.462 e. The molecule has 0 aromatic heterocycles. The Morgan fingerprint density at radius 3 is 0.756 bits per heavy atom. The molecule has 0 amide bonds. The Bertz CT molecular complexity index is 1870. The maximum Gasteiger partial charge on any atom is 0.306 e. The van der Waals surface area contributed by atoms with Gasteiger partial charge in [0.15, 0.2) is 6.10 Å². The van der Waals surface area contributed by atoms with Gasteiger partial charge in [-0.1, -0.05) is 287 Å². The molecule has 0 bridgehead atoms. The van der Waals surface area contributed by atoms with Crippen LogP contribution < -0.4 is 0 Å². The van der Waals surface area contributed by atoms with Gasteiger partial charge in [0.2, 0.25) is 0 Å². The second-order valence-corrected chi connectivity index (χ2v) is 21.3. The Hall–Kier alpha value is -5.23. The Morgan fingerprint density at radius 1 is 0.256 bits per heavy atom. The lowest BCUT2D eigenvalue weighted by atomic mass is 10.1. The smallest absolute Gasteiger partial charge is 0.306 e. The topological polar surface area (TPSA) is 78.9 Å². The fourth-order valence-corrected chi connectivity index (χ4v) is 8.58. The van der Waals surface area contributed by atoms with Crippen molar-refractivity contribution in [3.05, 3.63) is 170 Å². The Kier molecular flexibility index (Phi) is 63.9. The third-order valence-corrected chi connectivity index (χ3v) is 13.5. The van der Waals surface area contributed by atoms with E-state index >= 15 is 0 Å². The standard InChI is InChI=1S/C76H120O6/c1-4-7-10-13-16-19-21-23-25-27-29-31-33-35-36-37-38-39-40-42-43-45-47-49-51-53-55-57-60-63-66-69-75(78)81-72-73(71-80-74(77)68-65-62-59-18-15-12-9-6-3)82-76(79)70-67-64-61-58-56-54-52-50-48-46-44-41-34-32-30-28-26-24-22-20-17-14-11-8-5-2/h7-8,10-11,16-17,19-20,23-26,29-32,35-36,38-39,41-44,48,50,54,56,73H,4-6,9,12-15,18,21-22,27-28,33-34,37,40,45-47,49,51-53,55,57-72H2,1-3H3/b10-7-,11-8-,19-16-,20-17-,25-23-,26-24-,31-29-,32-30-,36-35-,39-38-,43-42-,44-41-,50-48-,56-54-. The first-order valence-corrected chi connectivity index (χ1v) is 33.1. The third kappa shape index (κ3) is 65.6. The van der Waals surface area contributed by atoms with Crippen molar-refractivity contribution in [3.63, 3.8) is 0 Å². The monoisotopic (exact) mass is 1130 g/mol. The highest BCUT2D eigenvalue weighted by Gasteiger charge is 2.19. The van der Waals surface area contributed by atoms with Gasteiger partial charge in [-0.25, -0.2) is 0 Å². The van der Waals surface area contributed by atoms with Crippen LogP contribution in [0.5, 0.6) is 0 Å². The summed E-state index contributed by atoms with van der Waals surface area (Å²) < 4.78 is 16.8. The molecule has 1 unspecified atom stereocenters. The van der Waals surface area contributed by atoms with Gasteiger partial charge in [0.25, 0.3) is 0 Å². The number of carbonyl (C=O) groups is 3. The quantitative estimate of drug-likeness (QED) is 0.0261. The number of hydrogen-bond acceptors (Lipinski definition) is 6. The Labute approximate surface area is 504 Å². The van der Waals surface area contributed by atoms with E-state index in [2.05, 4.69) is 191 Å². The van der Waals surface area contributed by atoms with Crippen molar-refractivity contribution in [3.8, 4) is 0 Å². The van der Waals surface area contributed by atoms with Gasteiger partial charge in [-0.3, -0.25) is 14.4 Å². The molecule has 0 saturated carbocycles. The van der Waals surface area contributed by atoms with Crippen LogP contribution in [0.3, 0.4) is 0 Å². The van der Waals surface area contributed by atoms with E-state index in [-0.39, 0.29) is 37.5 Å². The molecule has 0 spiro atoms. The van der Waals surface area contributed by atoms with Crippen LogP contribution in [0.25, 0.3) is 0 Å². The maximum atomic E-state index is 12.9. The van der Waals surface area contributed by atoms with Crippen LogP contribution >= 0.6 is 0 Å². The zero-order valence-electron chi connectivity index (χ0n) is 52.7. The fraction of sp³-hybridized carbons (Fsp3) is 0.592. The summed E-state index contributed by atoms with van der Waals surface area (Å²) in [7, 11) is 0. The van der Waals surface area contributed by atoms with Gasteiger partial charge in [-0.2, -0.15) is 0 Å². The summed E-state index contributed by atoms with van der Waals surface area (Å²) in [6, 6.07) is 0. The first kappa shape index (κ1) is 76.8. The van der Waals surface area contributed by atoms with Crippen LogP contribution in [-0.2, 0) is 28.6 Å². The van der Waals surface area contributed by atoms with Crippen LogP contribution in [0.2, 0.25) is 0 Å². The minimum Gasteiger partial charge on any atom is -0.462 e. The van der Waals surface area contributed by atoms with Crippen molar-refractivity contribution in [2.45, 2.75) is 277 Å². The molecule has 0 N–H and O–H groups in total. The summed E-state index contributed by atoms with van der Waals surface area (Å²) in [4.78, 5) is 38.2. The summed E-state index contributed by atoms with van der Waals surface area (Å²) in [5.74, 6) is -0.947. The van der Waals surface area contributed by atoms with Crippen LogP contribution in [0.15, 0.2) is 170 Å². The van der Waals surface area contributed by atoms with Crippen LogP contribution in [0.4, 0.5) is 0 Å². The lowest BCUT2D eigenvalue weighted by molar-refractivity contribution is -0.167. The lowest BCUT2D eigenvalue weighted by Crippen LogP contribution is -2.30. The van der Waals surface area contributed by atoms with E-state index < -0.39 is 6.10 Å². The molecule has 0 aliphatic heterocycles. The van der Waals surface area contributed by atoms with Gasteiger partial charge >= 0.3 is 17.9 Å². The van der Waals surface area contributed by atoms with Crippen molar-refractivity contribution in [2.24, 2.45) is 0 Å². The predicted octanol–water partition coefficient (Wildman–Crippen LogP) is 23.0. The van der Waals surface area contributed by atoms with Crippen molar-refractivity contribution < 1.29 is 28.6 Å². The summed E-state index contributed by atoms with van der Waals surface area (Å²) in [6.07, 6.45) is 101. The van der Waals surface area contributed by atoms with Crippen LogP contribution in [0.1, 0.15) is 271 Å². The van der Waals surface area contributed by atoms with Gasteiger partial charge < -0.3 is 14.2 Å². The van der Waals surface area contributed by atoms with E-state index in [9.17, 15) is 14.4 Å². The van der Waals surface area contributed by atoms with E-state index in [0.29, 0.717) is 12.8 Å². The predicted molar refractivity (Wildman–Crippen MR) is 357 cm³/mol. The molecule has 0 aliphatic rings. The number of ether oxygens (including phenoxy) is 3. The van der Waals surface area contributed by atoms with Gasteiger partial charge in [0.1, 0.15) is 13.2 Å². The van der Waals surface area contributed by atoms with E-state index in [1.54, 1.807) is 0 Å². The molecular weight excluding hydrogens is 1010 g/mol. The second-order valence-electron chi connectivity index (χ2n) is 21.3. The second kappa shape index (κ2) is 68.3. The number of hydrogen-bond donors (Lipinski definition) is 0. The molecule has 0 rings (SSSR count). The Morgan fingerprint density at radius 2 is 0.476 bits per heavy atom. The highest BCUT2D eigenvalue weighted by molar-refractivity contribution is 5.71. The third-order valence-electron chi connectivity index (χ3n) is 13.5. The molecule has 0 aromatic rings. The average Bonchev–Trinajstić information content (AvgIpc) is 3.47. The first-order valence-electron chi connectivity index (χ1n) is 33.1. The molecule has 0 radical (unpaired) electrons. The molecule has 0 aliphatic carbocycles. The number of rotatable bonds is 58. The van der Waals surface area contributed by atoms with Gasteiger partial charge in [0, 0.05) is 19.3 Å². The summed E-state index contributed by atoms with van der Waals surface area (Å²) >= 11 is 0. The molecule has 6 heteroatoms. The number of carbonyl (C=O) groups excluding carboxylic acids is 3. The molecule has 6 nitrogen and oxygen atoms in total. The van der Waals surface area contributed by atoms with E-state index in [1.165, 1.54) is 70.6 Å². The van der Waals surface area contributed by atoms with E-state index in [1.807, 2.05) is 0 Å². The average molecular weight is 1130 g/mol. The molecule has 82 heavy (non-hydrogen) atoms. The lowest BCUT2D eigenvalue weighted by Gasteiger charge is -2.18. The van der Waals surface area contributed by atoms with Gasteiger partial charge in [-0.05, 0) is 135 Å². The summed E-state index contributed by atoms with van der Waals surface area (Å²) in [5.41, 5.74) is 0. The number of allylic oxidation sites excluding steroid dienone is 28. The molecule has 0 heterocycles. The molecular formula is C76H120O6.